The highest BCUT2D eigenvalue weighted by molar-refractivity contribution is 8.15. The summed E-state index contributed by atoms with van der Waals surface area (Å²) in [6, 6.07) is 10.6. The van der Waals surface area contributed by atoms with E-state index in [0.29, 0.717) is 16.4 Å². The molecule has 34 heavy (non-hydrogen) atoms. The number of rotatable bonds is 9. The largest absolute Gasteiger partial charge is 0.378 e. The van der Waals surface area contributed by atoms with Crippen molar-refractivity contribution in [1.29, 1.82) is 0 Å². The van der Waals surface area contributed by atoms with Gasteiger partial charge in [-0.05, 0) is 49.7 Å². The van der Waals surface area contributed by atoms with Crippen LogP contribution in [0.3, 0.4) is 0 Å². The molecule has 0 aliphatic carbocycles. The van der Waals surface area contributed by atoms with Crippen molar-refractivity contribution in [2.24, 2.45) is 10.2 Å². The second-order valence-electron chi connectivity index (χ2n) is 7.67. The van der Waals surface area contributed by atoms with E-state index in [0.717, 1.165) is 24.8 Å². The third-order valence-electron chi connectivity index (χ3n) is 4.77. The molecule has 3 rings (SSSR count). The van der Waals surface area contributed by atoms with E-state index in [2.05, 4.69) is 27.8 Å². The van der Waals surface area contributed by atoms with Crippen molar-refractivity contribution in [2.75, 3.05) is 5.32 Å². The summed E-state index contributed by atoms with van der Waals surface area (Å²) in [7, 11) is -4.13. The first-order valence-corrected chi connectivity index (χ1v) is 13.0. The Kier molecular flexibility index (Phi) is 8.46. The van der Waals surface area contributed by atoms with E-state index >= 15 is 0 Å². The van der Waals surface area contributed by atoms with Crippen LogP contribution in [0.5, 0.6) is 5.75 Å². The second kappa shape index (κ2) is 11.3. The Balaban J connectivity index is 1.76. The Hall–Kier alpha value is -3.18. The van der Waals surface area contributed by atoms with Crippen LogP contribution in [0, 0.1) is 6.92 Å². The zero-order chi connectivity index (χ0) is 24.7. The van der Waals surface area contributed by atoms with Crippen LogP contribution in [-0.2, 0) is 19.7 Å². The number of anilines is 1. The molecule has 0 saturated carbocycles. The van der Waals surface area contributed by atoms with Gasteiger partial charge in [-0.1, -0.05) is 43.2 Å². The van der Waals surface area contributed by atoms with Crippen molar-refractivity contribution in [2.45, 2.75) is 50.2 Å². The molecule has 0 aromatic heterocycles. The number of nitrogens with zero attached hydrogens (tertiary/aromatic N) is 2. The van der Waals surface area contributed by atoms with Crippen LogP contribution >= 0.6 is 11.8 Å². The number of carbonyl (C=O) groups is 2. The van der Waals surface area contributed by atoms with Gasteiger partial charge in [-0.3, -0.25) is 9.59 Å². The van der Waals surface area contributed by atoms with Gasteiger partial charge in [-0.2, -0.15) is 13.5 Å². The van der Waals surface area contributed by atoms with Gasteiger partial charge in [0, 0.05) is 18.2 Å². The molecule has 0 radical (unpaired) electrons. The van der Waals surface area contributed by atoms with E-state index in [9.17, 15) is 18.0 Å². The molecule has 0 spiro atoms. The fourth-order valence-electron chi connectivity index (χ4n) is 3.09. The van der Waals surface area contributed by atoms with Gasteiger partial charge in [-0.25, -0.2) is 0 Å². The van der Waals surface area contributed by atoms with Crippen LogP contribution in [0.4, 0.5) is 5.69 Å². The first-order chi connectivity index (χ1) is 16.2. The van der Waals surface area contributed by atoms with Crippen molar-refractivity contribution in [1.82, 2.24) is 5.32 Å². The minimum Gasteiger partial charge on any atom is -0.378 e. The zero-order valence-corrected chi connectivity index (χ0v) is 20.7. The lowest BCUT2D eigenvalue weighted by atomic mass is 10.1. The van der Waals surface area contributed by atoms with E-state index < -0.39 is 10.1 Å². The minimum atomic E-state index is -4.13. The molecule has 2 amide bonds. The van der Waals surface area contributed by atoms with Crippen molar-refractivity contribution in [3.05, 3.63) is 53.6 Å². The van der Waals surface area contributed by atoms with E-state index in [4.69, 9.17) is 4.18 Å². The quantitative estimate of drug-likeness (QED) is 0.305. The highest BCUT2D eigenvalue weighted by atomic mass is 32.2. The van der Waals surface area contributed by atoms with Crippen LogP contribution in [0.15, 0.2) is 57.6 Å². The van der Waals surface area contributed by atoms with E-state index in [1.54, 1.807) is 18.2 Å². The van der Waals surface area contributed by atoms with Gasteiger partial charge in [0.2, 0.25) is 11.8 Å². The summed E-state index contributed by atoms with van der Waals surface area (Å²) in [5.74, 6) is -0.252. The van der Waals surface area contributed by atoms with E-state index in [1.807, 2.05) is 6.92 Å². The molecule has 1 aliphatic rings. The number of nitrogens with one attached hydrogen (secondary N) is 2. The molecule has 1 unspecified atom stereocenters. The fourth-order valence-corrected chi connectivity index (χ4v) is 5.02. The Bertz CT molecular complexity index is 1220. The topological polar surface area (TPSA) is 126 Å². The van der Waals surface area contributed by atoms with Gasteiger partial charge < -0.3 is 14.8 Å². The van der Waals surface area contributed by atoms with Crippen LogP contribution < -0.4 is 14.8 Å². The molecule has 11 heteroatoms. The lowest BCUT2D eigenvalue weighted by Gasteiger charge is -2.10. The maximum absolute atomic E-state index is 12.8. The molecule has 1 aliphatic heterocycles. The lowest BCUT2D eigenvalue weighted by Crippen LogP contribution is -2.24. The van der Waals surface area contributed by atoms with Gasteiger partial charge in [0.1, 0.15) is 4.90 Å². The summed E-state index contributed by atoms with van der Waals surface area (Å²) >= 11 is 1.34. The number of carbonyl (C=O) groups excluding carboxylic acids is 2. The zero-order valence-electron chi connectivity index (χ0n) is 19.1. The predicted octanol–water partition coefficient (Wildman–Crippen LogP) is 3.83. The number of benzene rings is 2. The maximum Gasteiger partial charge on any atom is 0.339 e. The number of thioether (sulfide) groups is 1. The highest BCUT2D eigenvalue weighted by Crippen LogP contribution is 2.26. The Labute approximate surface area is 203 Å². The van der Waals surface area contributed by atoms with Gasteiger partial charge >= 0.3 is 10.1 Å². The molecule has 1 atom stereocenters. The molecule has 180 valence electrons. The molecule has 1 fully saturated rings. The molecule has 0 bridgehead atoms. The third-order valence-corrected chi connectivity index (χ3v) is 7.16. The van der Waals surface area contributed by atoms with Gasteiger partial charge in [0.25, 0.3) is 0 Å². The fraction of sp³-hybridized carbons (Fsp3) is 0.304. The highest BCUT2D eigenvalue weighted by Gasteiger charge is 2.29. The normalized spacial score (nSPS) is 17.2. The first kappa shape index (κ1) is 25.4. The number of aryl methyl sites for hydroxylation is 1. The smallest absolute Gasteiger partial charge is 0.339 e. The molecular weight excluding hydrogens is 476 g/mol. The average molecular weight is 503 g/mol. The summed E-state index contributed by atoms with van der Waals surface area (Å²) in [5.41, 5.74) is 1.77. The predicted molar refractivity (Wildman–Crippen MR) is 134 cm³/mol. The van der Waals surface area contributed by atoms with E-state index in [-0.39, 0.29) is 27.7 Å². The van der Waals surface area contributed by atoms with Crippen LogP contribution in [-0.4, -0.2) is 36.9 Å². The molecule has 1 heterocycles. The Morgan fingerprint density at radius 1 is 1.24 bits per heavy atom. The molecule has 2 N–H and O–H groups in total. The monoisotopic (exact) mass is 502 g/mol. The van der Waals surface area contributed by atoms with Gasteiger partial charge in [0.05, 0.1) is 11.5 Å². The van der Waals surface area contributed by atoms with E-state index in [1.165, 1.54) is 49.2 Å². The minimum absolute atomic E-state index is 0.0616. The lowest BCUT2D eigenvalue weighted by molar-refractivity contribution is -0.119. The third kappa shape index (κ3) is 6.91. The number of amides is 2. The SMILES string of the molecule is CCCCC1S/C(=N/N=Cc2cc(C)ccc2OS(=O)(=O)c2ccc(NC(C)=O)cc2)NC1=O. The van der Waals surface area contributed by atoms with Crippen LogP contribution in [0.25, 0.3) is 0 Å². The summed E-state index contributed by atoms with van der Waals surface area (Å²) in [4.78, 5) is 23.1. The van der Waals surface area contributed by atoms with Crippen molar-refractivity contribution in [3.63, 3.8) is 0 Å². The van der Waals surface area contributed by atoms with Crippen LogP contribution in [0.1, 0.15) is 44.2 Å². The maximum atomic E-state index is 12.8. The Morgan fingerprint density at radius 3 is 2.65 bits per heavy atom. The number of amidine groups is 1. The molecule has 9 nitrogen and oxygen atoms in total. The number of hydrogen-bond donors (Lipinski definition) is 2. The van der Waals surface area contributed by atoms with Crippen molar-refractivity contribution < 1.29 is 22.2 Å². The second-order valence-corrected chi connectivity index (χ2v) is 10.4. The number of hydrogen-bond acceptors (Lipinski definition) is 8. The summed E-state index contributed by atoms with van der Waals surface area (Å²) < 4.78 is 30.9. The number of unbranched alkanes of at least 4 members (excludes halogenated alkanes) is 1. The molecule has 2 aromatic rings. The van der Waals surface area contributed by atoms with Gasteiger partial charge in [0.15, 0.2) is 10.9 Å². The van der Waals surface area contributed by atoms with Crippen molar-refractivity contribution >= 4 is 50.8 Å². The average Bonchev–Trinajstić information content (AvgIpc) is 3.13. The Morgan fingerprint density at radius 2 is 1.97 bits per heavy atom. The summed E-state index contributed by atoms with van der Waals surface area (Å²) in [5, 5.41) is 13.6. The van der Waals surface area contributed by atoms with Crippen molar-refractivity contribution in [3.8, 4) is 5.75 Å². The summed E-state index contributed by atoms with van der Waals surface area (Å²) in [6.45, 7) is 5.29. The molecule has 2 aromatic carbocycles. The van der Waals surface area contributed by atoms with Crippen LogP contribution in [0.2, 0.25) is 0 Å². The standard InChI is InChI=1S/C23H26N4O5S2/c1-4-5-6-21-22(29)26-23(33-21)27-24-14-17-13-15(2)7-12-20(17)32-34(30,31)19-10-8-18(9-11-19)25-16(3)28/h7-14,21H,4-6H2,1-3H3,(H,25,28)(H,26,27,29). The van der Waals surface area contributed by atoms with Gasteiger partial charge in [-0.15, -0.1) is 5.10 Å². The first-order valence-electron chi connectivity index (χ1n) is 10.7. The molecular formula is C23H26N4O5S2. The molecule has 1 saturated heterocycles. The summed E-state index contributed by atoms with van der Waals surface area (Å²) in [6.07, 6.45) is 4.12.